The number of ketones is 1. The molecule has 9 atom stereocenters. The predicted molar refractivity (Wildman–Crippen MR) is 89.6 cm³/mol. The number of rotatable bonds is 1. The first-order valence-corrected chi connectivity index (χ1v) is 9.88. The number of allylic oxidation sites excluding steroid dienone is 1. The zero-order valence-electron chi connectivity index (χ0n) is 14.5. The summed E-state index contributed by atoms with van der Waals surface area (Å²) in [5, 5.41) is 10.00. The first-order chi connectivity index (χ1) is 11.0. The zero-order chi connectivity index (χ0) is 15.9. The lowest BCUT2D eigenvalue weighted by Gasteiger charge is -2.57. The molecule has 5 rings (SSSR count). The van der Waals surface area contributed by atoms with Gasteiger partial charge in [0.25, 0.3) is 0 Å². The van der Waals surface area contributed by atoms with Crippen LogP contribution in [0.1, 0.15) is 52.4 Å². The number of carbonyl (C=O) groups excluding carboxylic acids is 1. The minimum atomic E-state index is 0.367. The van der Waals surface area contributed by atoms with E-state index in [9.17, 15) is 9.90 Å². The average Bonchev–Trinajstić information content (AvgIpc) is 3.22. The second kappa shape index (κ2) is 4.71. The van der Waals surface area contributed by atoms with E-state index in [0.717, 1.165) is 54.8 Å². The topological polar surface area (TPSA) is 37.3 Å². The summed E-state index contributed by atoms with van der Waals surface area (Å²) in [4.78, 5) is 11.9. The number of hydrogen-bond donors (Lipinski definition) is 1. The normalized spacial score (nSPS) is 57.0. The van der Waals surface area contributed by atoms with Gasteiger partial charge in [-0.15, -0.1) is 0 Å². The standard InChI is InChI=1S/C21H30O2/c1-11-7-12-8-13(23)3-4-14(12)15-5-6-21(2)18(10-22)16-9-17(16)20(21)19(11)15/h8,11,14-20,22H,3-7,9-10H2,1-2H3/t11-,14+,15-,16-,17+,18-,19-,20-,21-/m1/s1. The van der Waals surface area contributed by atoms with Gasteiger partial charge in [-0.3, -0.25) is 4.79 Å². The summed E-state index contributed by atoms with van der Waals surface area (Å²) >= 11 is 0. The van der Waals surface area contributed by atoms with Crippen LogP contribution in [0.15, 0.2) is 11.6 Å². The molecule has 2 nitrogen and oxygen atoms in total. The molecule has 5 aliphatic carbocycles. The summed E-state index contributed by atoms with van der Waals surface area (Å²) < 4.78 is 0. The lowest BCUT2D eigenvalue weighted by Crippen LogP contribution is -2.51. The lowest BCUT2D eigenvalue weighted by atomic mass is 9.48. The minimum absolute atomic E-state index is 0.367. The minimum Gasteiger partial charge on any atom is -0.396 e. The van der Waals surface area contributed by atoms with Crippen molar-refractivity contribution in [1.82, 2.24) is 0 Å². The fraction of sp³-hybridized carbons (Fsp3) is 0.857. The van der Waals surface area contributed by atoms with Gasteiger partial charge in [0.05, 0.1) is 0 Å². The Balaban J connectivity index is 1.52. The highest BCUT2D eigenvalue weighted by molar-refractivity contribution is 5.91. The van der Waals surface area contributed by atoms with Gasteiger partial charge in [0.1, 0.15) is 0 Å². The Labute approximate surface area is 139 Å². The number of fused-ring (bicyclic) bond motifs is 7. The van der Waals surface area contributed by atoms with Gasteiger partial charge in [-0.05, 0) is 90.9 Å². The molecule has 4 fully saturated rings. The SMILES string of the molecule is C[C@@H]1CC2=CC(=O)CC[C@@H]2[C@H]2CC[C@@]3(C)[C@H]([C@H]4C[C@H]4[C@H]3CO)[C@@H]21. The molecule has 0 aromatic rings. The molecule has 0 aromatic carbocycles. The summed E-state index contributed by atoms with van der Waals surface area (Å²) in [7, 11) is 0. The van der Waals surface area contributed by atoms with Crippen LogP contribution in [0.25, 0.3) is 0 Å². The predicted octanol–water partition coefficient (Wildman–Crippen LogP) is 3.84. The number of aliphatic hydroxyl groups is 1. The maximum absolute atomic E-state index is 11.9. The number of hydrogen-bond acceptors (Lipinski definition) is 2. The summed E-state index contributed by atoms with van der Waals surface area (Å²) in [6.45, 7) is 5.36. The Hall–Kier alpha value is -0.630. The Morgan fingerprint density at radius 1 is 1.26 bits per heavy atom. The molecule has 0 aromatic heterocycles. The molecule has 0 saturated heterocycles. The summed E-state index contributed by atoms with van der Waals surface area (Å²) in [5.41, 5.74) is 1.88. The smallest absolute Gasteiger partial charge is 0.155 e. The highest BCUT2D eigenvalue weighted by Crippen LogP contribution is 2.74. The van der Waals surface area contributed by atoms with Gasteiger partial charge in [0.2, 0.25) is 0 Å². The van der Waals surface area contributed by atoms with E-state index in [1.54, 1.807) is 0 Å². The Morgan fingerprint density at radius 3 is 2.87 bits per heavy atom. The Kier molecular flexibility index (Phi) is 3.01. The molecule has 0 heterocycles. The molecule has 0 radical (unpaired) electrons. The summed E-state index contributed by atoms with van der Waals surface area (Å²) in [5.74, 6) is 6.58. The monoisotopic (exact) mass is 314 g/mol. The molecule has 126 valence electrons. The van der Waals surface area contributed by atoms with Crippen molar-refractivity contribution in [2.75, 3.05) is 6.61 Å². The first-order valence-electron chi connectivity index (χ1n) is 9.88. The molecule has 23 heavy (non-hydrogen) atoms. The van der Waals surface area contributed by atoms with Crippen molar-refractivity contribution in [3.05, 3.63) is 11.6 Å². The van der Waals surface area contributed by atoms with E-state index < -0.39 is 0 Å². The quantitative estimate of drug-likeness (QED) is 0.798. The van der Waals surface area contributed by atoms with Crippen molar-refractivity contribution in [1.29, 1.82) is 0 Å². The van der Waals surface area contributed by atoms with Crippen LogP contribution in [-0.2, 0) is 4.79 Å². The maximum Gasteiger partial charge on any atom is 0.155 e. The third-order valence-electron chi connectivity index (χ3n) is 8.86. The zero-order valence-corrected chi connectivity index (χ0v) is 14.5. The van der Waals surface area contributed by atoms with Crippen molar-refractivity contribution in [3.8, 4) is 0 Å². The van der Waals surface area contributed by atoms with Gasteiger partial charge in [0.15, 0.2) is 5.78 Å². The van der Waals surface area contributed by atoms with Crippen LogP contribution in [-0.4, -0.2) is 17.5 Å². The van der Waals surface area contributed by atoms with Gasteiger partial charge < -0.3 is 5.11 Å². The molecule has 0 spiro atoms. The van der Waals surface area contributed by atoms with Gasteiger partial charge >= 0.3 is 0 Å². The van der Waals surface area contributed by atoms with E-state index >= 15 is 0 Å². The van der Waals surface area contributed by atoms with Crippen LogP contribution in [0, 0.1) is 52.8 Å². The van der Waals surface area contributed by atoms with Crippen molar-refractivity contribution >= 4 is 5.78 Å². The molecule has 0 bridgehead atoms. The van der Waals surface area contributed by atoms with Crippen molar-refractivity contribution in [2.24, 2.45) is 52.8 Å². The van der Waals surface area contributed by atoms with Crippen molar-refractivity contribution in [3.63, 3.8) is 0 Å². The third-order valence-corrected chi connectivity index (χ3v) is 8.86. The molecular weight excluding hydrogens is 284 g/mol. The van der Waals surface area contributed by atoms with Crippen molar-refractivity contribution < 1.29 is 9.90 Å². The van der Waals surface area contributed by atoms with Crippen LogP contribution < -0.4 is 0 Å². The molecular formula is C21H30O2. The lowest BCUT2D eigenvalue weighted by molar-refractivity contribution is -0.116. The first kappa shape index (κ1) is 14.7. The fourth-order valence-electron chi connectivity index (χ4n) is 8.02. The Bertz CT molecular complexity index is 578. The second-order valence-corrected chi connectivity index (χ2v) is 9.68. The second-order valence-electron chi connectivity index (χ2n) is 9.68. The van der Waals surface area contributed by atoms with Crippen LogP contribution in [0.2, 0.25) is 0 Å². The molecule has 2 heteroatoms. The maximum atomic E-state index is 11.9. The van der Waals surface area contributed by atoms with Crippen LogP contribution in [0.3, 0.4) is 0 Å². The molecule has 5 aliphatic rings. The van der Waals surface area contributed by atoms with Gasteiger partial charge in [-0.25, -0.2) is 0 Å². The number of aliphatic hydroxyl groups excluding tert-OH is 1. The van der Waals surface area contributed by atoms with Crippen LogP contribution in [0.5, 0.6) is 0 Å². The molecule has 0 aliphatic heterocycles. The van der Waals surface area contributed by atoms with E-state index in [4.69, 9.17) is 0 Å². The van der Waals surface area contributed by atoms with E-state index in [0.29, 0.717) is 29.6 Å². The van der Waals surface area contributed by atoms with Gasteiger partial charge in [-0.2, -0.15) is 0 Å². The van der Waals surface area contributed by atoms with Crippen LogP contribution >= 0.6 is 0 Å². The van der Waals surface area contributed by atoms with E-state index in [1.807, 2.05) is 6.08 Å². The molecule has 4 saturated carbocycles. The molecule has 1 N–H and O–H groups in total. The summed E-state index contributed by atoms with van der Waals surface area (Å²) in [6, 6.07) is 0. The largest absolute Gasteiger partial charge is 0.396 e. The van der Waals surface area contributed by atoms with E-state index in [2.05, 4.69) is 13.8 Å². The van der Waals surface area contributed by atoms with Crippen LogP contribution in [0.4, 0.5) is 0 Å². The van der Waals surface area contributed by atoms with Gasteiger partial charge in [-0.1, -0.05) is 19.4 Å². The van der Waals surface area contributed by atoms with E-state index in [-0.39, 0.29) is 0 Å². The third kappa shape index (κ3) is 1.82. The molecule has 0 unspecified atom stereocenters. The van der Waals surface area contributed by atoms with E-state index in [1.165, 1.54) is 24.8 Å². The highest BCUT2D eigenvalue weighted by Gasteiger charge is 2.69. The fourth-order valence-corrected chi connectivity index (χ4v) is 8.02. The average molecular weight is 314 g/mol. The Morgan fingerprint density at radius 2 is 2.09 bits per heavy atom. The summed E-state index contributed by atoms with van der Waals surface area (Å²) in [6.07, 6.45) is 9.08. The number of carbonyl (C=O) groups is 1. The highest BCUT2D eigenvalue weighted by atomic mass is 16.3. The molecule has 0 amide bonds. The van der Waals surface area contributed by atoms with Crippen molar-refractivity contribution in [2.45, 2.75) is 52.4 Å². The van der Waals surface area contributed by atoms with Gasteiger partial charge in [0, 0.05) is 13.0 Å².